The second-order valence-electron chi connectivity index (χ2n) is 5.93. The molecule has 1 aromatic heterocycles. The molecule has 0 N–H and O–H groups in total. The van der Waals surface area contributed by atoms with Crippen molar-refractivity contribution in [2.45, 2.75) is 19.0 Å². The van der Waals surface area contributed by atoms with Gasteiger partial charge >= 0.3 is 0 Å². The maximum Gasteiger partial charge on any atom is 0.252 e. The number of aromatic nitrogens is 2. The van der Waals surface area contributed by atoms with E-state index in [0.29, 0.717) is 31.3 Å². The topological polar surface area (TPSA) is 58.6 Å². The highest BCUT2D eigenvalue weighted by Crippen LogP contribution is 2.40. The molecule has 0 spiro atoms. The lowest BCUT2D eigenvalue weighted by Crippen LogP contribution is -2.59. The number of anilines is 2. The highest BCUT2D eigenvalue weighted by atomic mass is 35.5. The monoisotopic (exact) mass is 344 g/mol. The molecular formula is C17H17ClN4O2. The molecule has 7 heteroatoms. The largest absolute Gasteiger partial charge is 0.377 e. The fraction of sp³-hybridized carbons (Fsp3) is 0.353. The van der Waals surface area contributed by atoms with E-state index in [1.807, 2.05) is 42.2 Å². The van der Waals surface area contributed by atoms with Gasteiger partial charge in [0.1, 0.15) is 11.7 Å². The number of hydrogen-bond donors (Lipinski definition) is 0. The Morgan fingerprint density at radius 1 is 1.33 bits per heavy atom. The fourth-order valence-electron chi connectivity index (χ4n) is 3.35. The summed E-state index contributed by atoms with van der Waals surface area (Å²) in [7, 11) is 0. The molecule has 2 aromatic rings. The summed E-state index contributed by atoms with van der Waals surface area (Å²) >= 11 is 6.00. The zero-order chi connectivity index (χ0) is 16.7. The molecule has 6 nitrogen and oxygen atoms in total. The van der Waals surface area contributed by atoms with Crippen molar-refractivity contribution in [2.24, 2.45) is 0 Å². The van der Waals surface area contributed by atoms with Gasteiger partial charge in [-0.1, -0.05) is 30.3 Å². The smallest absolute Gasteiger partial charge is 0.252 e. The van der Waals surface area contributed by atoms with Gasteiger partial charge in [-0.05, 0) is 24.1 Å². The van der Waals surface area contributed by atoms with E-state index in [-0.39, 0.29) is 23.3 Å². The number of carbonyl (C=O) groups excluding carboxylic acids is 1. The van der Waals surface area contributed by atoms with E-state index in [1.54, 1.807) is 11.1 Å². The molecule has 2 unspecified atom stereocenters. The lowest BCUT2D eigenvalue weighted by Gasteiger charge is -2.45. The maximum atomic E-state index is 13.1. The van der Waals surface area contributed by atoms with Crippen molar-refractivity contribution in [3.05, 3.63) is 47.4 Å². The Morgan fingerprint density at radius 2 is 2.12 bits per heavy atom. The number of rotatable bonds is 2. The third-order valence-corrected chi connectivity index (χ3v) is 4.75. The molecule has 2 aliphatic heterocycles. The molecule has 1 fully saturated rings. The number of nitrogens with zero attached hydrogens (tertiary/aromatic N) is 4. The van der Waals surface area contributed by atoms with Crippen LogP contribution in [0.25, 0.3) is 0 Å². The van der Waals surface area contributed by atoms with E-state index in [4.69, 9.17) is 16.3 Å². The molecule has 2 atom stereocenters. The predicted molar refractivity (Wildman–Crippen MR) is 91.3 cm³/mol. The van der Waals surface area contributed by atoms with Crippen LogP contribution in [0.4, 0.5) is 11.5 Å². The summed E-state index contributed by atoms with van der Waals surface area (Å²) in [4.78, 5) is 25.4. The molecule has 0 bridgehead atoms. The van der Waals surface area contributed by atoms with Crippen molar-refractivity contribution in [3.63, 3.8) is 0 Å². The summed E-state index contributed by atoms with van der Waals surface area (Å²) in [6.45, 7) is 3.55. The standard InChI is InChI=1S/C17H17ClN4O2/c1-11(12-5-3-2-4-6-12)22-13-9-19-17(18)20-15(13)21-7-8-24-10-14(21)16(22)23/h2-6,9,11,14H,7-8,10H2,1H3. The summed E-state index contributed by atoms with van der Waals surface area (Å²) < 4.78 is 5.52. The minimum atomic E-state index is -0.372. The third kappa shape index (κ3) is 2.42. The van der Waals surface area contributed by atoms with Crippen molar-refractivity contribution in [2.75, 3.05) is 29.6 Å². The van der Waals surface area contributed by atoms with Crippen LogP contribution < -0.4 is 9.80 Å². The lowest BCUT2D eigenvalue weighted by atomic mass is 10.0. The van der Waals surface area contributed by atoms with Crippen molar-refractivity contribution in [1.29, 1.82) is 0 Å². The molecule has 3 heterocycles. The number of amides is 1. The Hall–Kier alpha value is -2.18. The first-order valence-corrected chi connectivity index (χ1v) is 8.29. The van der Waals surface area contributed by atoms with Crippen LogP contribution in [0.15, 0.2) is 36.5 Å². The molecule has 124 valence electrons. The van der Waals surface area contributed by atoms with Gasteiger partial charge < -0.3 is 9.64 Å². The summed E-state index contributed by atoms with van der Waals surface area (Å²) in [5.74, 6) is 0.704. The minimum Gasteiger partial charge on any atom is -0.377 e. The van der Waals surface area contributed by atoms with Gasteiger partial charge in [-0.25, -0.2) is 4.98 Å². The Labute approximate surface area is 145 Å². The predicted octanol–water partition coefficient (Wildman–Crippen LogP) is 2.44. The van der Waals surface area contributed by atoms with Crippen LogP contribution in [0, 0.1) is 0 Å². The van der Waals surface area contributed by atoms with E-state index >= 15 is 0 Å². The zero-order valence-corrected chi connectivity index (χ0v) is 14.0. The van der Waals surface area contributed by atoms with Crippen LogP contribution >= 0.6 is 11.6 Å². The van der Waals surface area contributed by atoms with Gasteiger partial charge in [0.2, 0.25) is 5.28 Å². The molecule has 1 aromatic carbocycles. The Balaban J connectivity index is 1.82. The molecule has 1 amide bonds. The van der Waals surface area contributed by atoms with Gasteiger partial charge in [0, 0.05) is 6.54 Å². The Bertz CT molecular complexity index is 770. The van der Waals surface area contributed by atoms with Crippen LogP contribution in [0.1, 0.15) is 18.5 Å². The number of carbonyl (C=O) groups is 1. The molecule has 2 aliphatic rings. The minimum absolute atomic E-state index is 0.00414. The van der Waals surface area contributed by atoms with E-state index in [1.165, 1.54) is 0 Å². The van der Waals surface area contributed by atoms with Crippen LogP contribution in [0.2, 0.25) is 5.28 Å². The molecule has 1 saturated heterocycles. The average molecular weight is 345 g/mol. The van der Waals surface area contributed by atoms with E-state index in [9.17, 15) is 4.79 Å². The number of morpholine rings is 1. The number of fused-ring (bicyclic) bond motifs is 3. The van der Waals surface area contributed by atoms with E-state index < -0.39 is 0 Å². The van der Waals surface area contributed by atoms with E-state index in [2.05, 4.69) is 9.97 Å². The van der Waals surface area contributed by atoms with Gasteiger partial charge in [0.25, 0.3) is 5.91 Å². The quantitative estimate of drug-likeness (QED) is 0.783. The second kappa shape index (κ2) is 6.03. The fourth-order valence-corrected chi connectivity index (χ4v) is 3.48. The van der Waals surface area contributed by atoms with Crippen molar-refractivity contribution in [1.82, 2.24) is 9.97 Å². The van der Waals surface area contributed by atoms with Crippen LogP contribution in [-0.2, 0) is 9.53 Å². The van der Waals surface area contributed by atoms with Crippen LogP contribution in [0.3, 0.4) is 0 Å². The second-order valence-corrected chi connectivity index (χ2v) is 6.26. The van der Waals surface area contributed by atoms with Gasteiger partial charge in [-0.2, -0.15) is 4.98 Å². The summed E-state index contributed by atoms with van der Waals surface area (Å²) in [6, 6.07) is 9.41. The first kappa shape index (κ1) is 15.4. The molecule has 24 heavy (non-hydrogen) atoms. The van der Waals surface area contributed by atoms with Gasteiger partial charge in [0.05, 0.1) is 25.5 Å². The summed E-state index contributed by atoms with van der Waals surface area (Å²) in [5.41, 5.74) is 1.75. The summed E-state index contributed by atoms with van der Waals surface area (Å²) in [6.07, 6.45) is 1.63. The third-order valence-electron chi connectivity index (χ3n) is 4.57. The average Bonchev–Trinajstić information content (AvgIpc) is 2.63. The van der Waals surface area contributed by atoms with Crippen molar-refractivity contribution >= 4 is 29.0 Å². The normalized spacial score (nSPS) is 21.2. The molecule has 0 aliphatic carbocycles. The molecule has 0 radical (unpaired) electrons. The first-order chi connectivity index (χ1) is 11.7. The maximum absolute atomic E-state index is 13.1. The lowest BCUT2D eigenvalue weighted by molar-refractivity contribution is -0.123. The first-order valence-electron chi connectivity index (χ1n) is 7.92. The van der Waals surface area contributed by atoms with Gasteiger partial charge in [-0.15, -0.1) is 0 Å². The number of hydrogen-bond acceptors (Lipinski definition) is 5. The van der Waals surface area contributed by atoms with Crippen LogP contribution in [-0.4, -0.2) is 41.7 Å². The van der Waals surface area contributed by atoms with Gasteiger partial charge in [-0.3, -0.25) is 9.69 Å². The highest BCUT2D eigenvalue weighted by Gasteiger charge is 2.43. The highest BCUT2D eigenvalue weighted by molar-refractivity contribution is 6.28. The Kier molecular flexibility index (Phi) is 3.86. The van der Waals surface area contributed by atoms with Crippen molar-refractivity contribution in [3.8, 4) is 0 Å². The zero-order valence-electron chi connectivity index (χ0n) is 13.2. The van der Waals surface area contributed by atoms with E-state index in [0.717, 1.165) is 5.56 Å². The Morgan fingerprint density at radius 3 is 2.92 bits per heavy atom. The molecule has 4 rings (SSSR count). The number of halogens is 1. The van der Waals surface area contributed by atoms with Crippen molar-refractivity contribution < 1.29 is 9.53 Å². The SMILES string of the molecule is CC(c1ccccc1)N1C(=O)C2COCCN2c2nc(Cl)ncc21. The summed E-state index contributed by atoms with van der Waals surface area (Å²) in [5, 5.41) is 0.181. The molecule has 0 saturated carbocycles. The van der Waals surface area contributed by atoms with Gasteiger partial charge in [0.15, 0.2) is 5.82 Å². The van der Waals surface area contributed by atoms with Crippen LogP contribution in [0.5, 0.6) is 0 Å². The molecular weight excluding hydrogens is 328 g/mol. The number of benzene rings is 1. The number of ether oxygens (including phenoxy) is 1.